The van der Waals surface area contributed by atoms with Crippen LogP contribution in [0.2, 0.25) is 0 Å². The molecule has 6 nitrogen and oxygen atoms in total. The number of esters is 1. The minimum atomic E-state index is -0.379. The van der Waals surface area contributed by atoms with Crippen LogP contribution in [0.4, 0.5) is 10.7 Å². The SMILES string of the molecule is CCOC(=O)c1ccc(NC(=O)c2c(N=Cc3ccc(OC)cc3)sc3c2CC[C@H](C(C)(C)C)C3)cc1. The highest BCUT2D eigenvalue weighted by molar-refractivity contribution is 7.16. The molecule has 7 heteroatoms. The highest BCUT2D eigenvalue weighted by atomic mass is 32.1. The molecule has 0 spiro atoms. The predicted molar refractivity (Wildman–Crippen MR) is 150 cm³/mol. The molecule has 0 saturated carbocycles. The molecule has 0 unspecified atom stereocenters. The van der Waals surface area contributed by atoms with Gasteiger partial charge in [-0.05, 0) is 97.2 Å². The lowest BCUT2D eigenvalue weighted by atomic mass is 9.72. The van der Waals surface area contributed by atoms with Crippen LogP contribution in [0.1, 0.15) is 70.8 Å². The van der Waals surface area contributed by atoms with Crippen molar-refractivity contribution >= 4 is 40.1 Å². The van der Waals surface area contributed by atoms with Crippen LogP contribution < -0.4 is 10.1 Å². The Morgan fingerprint density at radius 1 is 1.11 bits per heavy atom. The molecule has 1 atom stereocenters. The number of anilines is 1. The van der Waals surface area contributed by atoms with Gasteiger partial charge in [-0.25, -0.2) is 9.79 Å². The molecule has 37 heavy (non-hydrogen) atoms. The Hall–Kier alpha value is -3.45. The van der Waals surface area contributed by atoms with Crippen molar-refractivity contribution in [3.05, 3.63) is 75.7 Å². The van der Waals surface area contributed by atoms with Crippen molar-refractivity contribution in [3.8, 4) is 5.75 Å². The van der Waals surface area contributed by atoms with Gasteiger partial charge in [0, 0.05) is 16.8 Å². The Kier molecular flexibility index (Phi) is 8.13. The van der Waals surface area contributed by atoms with Gasteiger partial charge in [0.1, 0.15) is 10.8 Å². The normalized spacial score (nSPS) is 15.3. The quantitative estimate of drug-likeness (QED) is 0.268. The van der Waals surface area contributed by atoms with Crippen LogP contribution in [0, 0.1) is 11.3 Å². The second-order valence-electron chi connectivity index (χ2n) is 10.3. The summed E-state index contributed by atoms with van der Waals surface area (Å²) in [7, 11) is 1.64. The van der Waals surface area contributed by atoms with E-state index in [0.29, 0.717) is 29.3 Å². The second-order valence-corrected chi connectivity index (χ2v) is 11.4. The number of hydrogen-bond donors (Lipinski definition) is 1. The molecule has 0 fully saturated rings. The van der Waals surface area contributed by atoms with E-state index in [0.717, 1.165) is 41.1 Å². The number of hydrogen-bond acceptors (Lipinski definition) is 6. The summed E-state index contributed by atoms with van der Waals surface area (Å²) in [4.78, 5) is 31.6. The first-order valence-electron chi connectivity index (χ1n) is 12.6. The number of benzene rings is 2. The van der Waals surface area contributed by atoms with Gasteiger partial charge in [-0.1, -0.05) is 20.8 Å². The number of nitrogens with one attached hydrogen (secondary N) is 1. The highest BCUT2D eigenvalue weighted by Gasteiger charge is 2.33. The van der Waals surface area contributed by atoms with E-state index in [4.69, 9.17) is 14.5 Å². The van der Waals surface area contributed by atoms with E-state index in [-0.39, 0.29) is 17.3 Å². The second kappa shape index (κ2) is 11.3. The fourth-order valence-corrected chi connectivity index (χ4v) is 5.83. The smallest absolute Gasteiger partial charge is 0.338 e. The Balaban J connectivity index is 1.63. The first kappa shape index (κ1) is 26.6. The molecule has 1 N–H and O–H groups in total. The molecule has 1 heterocycles. The number of amides is 1. The molecule has 0 saturated heterocycles. The summed E-state index contributed by atoms with van der Waals surface area (Å²) in [6, 6.07) is 14.4. The first-order valence-corrected chi connectivity index (χ1v) is 13.4. The van der Waals surface area contributed by atoms with Crippen LogP contribution in [-0.4, -0.2) is 31.8 Å². The van der Waals surface area contributed by atoms with Crippen molar-refractivity contribution in [2.45, 2.75) is 47.0 Å². The maximum absolute atomic E-state index is 13.6. The van der Waals surface area contributed by atoms with Crippen LogP contribution in [0.5, 0.6) is 5.75 Å². The topological polar surface area (TPSA) is 77.0 Å². The molecule has 1 aromatic heterocycles. The van der Waals surface area contributed by atoms with Crippen molar-refractivity contribution in [3.63, 3.8) is 0 Å². The lowest BCUT2D eigenvalue weighted by Gasteiger charge is -2.33. The summed E-state index contributed by atoms with van der Waals surface area (Å²) in [5.74, 6) is 0.780. The van der Waals surface area contributed by atoms with Crippen LogP contribution in [0.15, 0.2) is 53.5 Å². The lowest BCUT2D eigenvalue weighted by molar-refractivity contribution is 0.0526. The van der Waals surface area contributed by atoms with E-state index in [2.05, 4.69) is 26.1 Å². The van der Waals surface area contributed by atoms with E-state index < -0.39 is 0 Å². The van der Waals surface area contributed by atoms with Gasteiger partial charge in [0.2, 0.25) is 0 Å². The standard InChI is InChI=1S/C30H34N2O4S/c1-6-36-29(34)20-9-12-22(13-10-20)32-27(33)26-24-16-11-21(30(2,3)4)17-25(24)37-28(26)31-18-19-7-14-23(35-5)15-8-19/h7-10,12-15,18,21H,6,11,16-17H2,1-5H3,(H,32,33)/t21-/m0/s1. The molecule has 2 aromatic carbocycles. The maximum atomic E-state index is 13.6. The van der Waals surface area contributed by atoms with Crippen molar-refractivity contribution < 1.29 is 19.1 Å². The largest absolute Gasteiger partial charge is 0.497 e. The number of thiophene rings is 1. The van der Waals surface area contributed by atoms with E-state index in [1.54, 1.807) is 55.9 Å². The summed E-state index contributed by atoms with van der Waals surface area (Å²) in [6.07, 6.45) is 4.65. The number of ether oxygens (including phenoxy) is 2. The van der Waals surface area contributed by atoms with Gasteiger partial charge < -0.3 is 14.8 Å². The maximum Gasteiger partial charge on any atom is 0.338 e. The summed E-state index contributed by atoms with van der Waals surface area (Å²) < 4.78 is 10.3. The fraction of sp³-hybridized carbons (Fsp3) is 0.367. The van der Waals surface area contributed by atoms with Crippen molar-refractivity contribution in [2.75, 3.05) is 19.0 Å². The van der Waals surface area contributed by atoms with Gasteiger partial charge in [-0.15, -0.1) is 11.3 Å². The molecule has 1 aliphatic carbocycles. The predicted octanol–water partition coefficient (Wildman–Crippen LogP) is 7.09. The van der Waals surface area contributed by atoms with Gasteiger partial charge in [0.25, 0.3) is 5.91 Å². The summed E-state index contributed by atoms with van der Waals surface area (Å²) in [5, 5.41) is 3.73. The Morgan fingerprint density at radius 3 is 2.43 bits per heavy atom. The number of nitrogens with zero attached hydrogens (tertiary/aromatic N) is 1. The van der Waals surface area contributed by atoms with Gasteiger partial charge >= 0.3 is 5.97 Å². The zero-order chi connectivity index (χ0) is 26.6. The number of aliphatic imine (C=N–C) groups is 1. The average molecular weight is 519 g/mol. The first-order chi connectivity index (χ1) is 17.7. The number of carbonyl (C=O) groups is 2. The lowest BCUT2D eigenvalue weighted by Crippen LogP contribution is -2.27. The molecule has 1 amide bonds. The summed E-state index contributed by atoms with van der Waals surface area (Å²) >= 11 is 1.61. The molecule has 1 aliphatic rings. The van der Waals surface area contributed by atoms with Gasteiger partial charge in [0.15, 0.2) is 0 Å². The van der Waals surface area contributed by atoms with Gasteiger partial charge in [-0.2, -0.15) is 0 Å². The van der Waals surface area contributed by atoms with Crippen molar-refractivity contribution in [2.24, 2.45) is 16.3 Å². The van der Waals surface area contributed by atoms with Crippen molar-refractivity contribution in [1.82, 2.24) is 0 Å². The minimum Gasteiger partial charge on any atom is -0.497 e. The van der Waals surface area contributed by atoms with Crippen LogP contribution in [0.25, 0.3) is 0 Å². The van der Waals surface area contributed by atoms with Crippen LogP contribution >= 0.6 is 11.3 Å². The van der Waals surface area contributed by atoms with Crippen LogP contribution in [-0.2, 0) is 17.6 Å². The molecule has 0 radical (unpaired) electrons. The molecule has 4 rings (SSSR count). The molecule has 3 aromatic rings. The van der Waals surface area contributed by atoms with Crippen molar-refractivity contribution in [1.29, 1.82) is 0 Å². The summed E-state index contributed by atoms with van der Waals surface area (Å²) in [5.41, 5.74) is 3.95. The van der Waals surface area contributed by atoms with Gasteiger partial charge in [0.05, 0.1) is 24.8 Å². The molecule has 194 valence electrons. The third kappa shape index (κ3) is 6.28. The van der Waals surface area contributed by atoms with Gasteiger partial charge in [-0.3, -0.25) is 4.79 Å². The van der Waals surface area contributed by atoms with E-state index in [9.17, 15) is 9.59 Å². The molecular formula is C30H34N2O4S. The van der Waals surface area contributed by atoms with Crippen LogP contribution in [0.3, 0.4) is 0 Å². The number of carbonyl (C=O) groups excluding carboxylic acids is 2. The average Bonchev–Trinajstić information content (AvgIpc) is 3.25. The Morgan fingerprint density at radius 2 is 1.81 bits per heavy atom. The third-order valence-corrected chi connectivity index (χ3v) is 7.96. The van der Waals surface area contributed by atoms with E-state index in [1.165, 1.54) is 4.88 Å². The zero-order valence-corrected chi connectivity index (χ0v) is 22.9. The highest BCUT2D eigenvalue weighted by Crippen LogP contribution is 2.45. The van der Waals surface area contributed by atoms with E-state index >= 15 is 0 Å². The molecular weight excluding hydrogens is 484 g/mol. The van der Waals surface area contributed by atoms with E-state index in [1.807, 2.05) is 24.3 Å². The molecule has 0 aliphatic heterocycles. The Labute approximate surface area is 222 Å². The number of rotatable bonds is 7. The Bertz CT molecular complexity index is 1280. The monoisotopic (exact) mass is 518 g/mol. The summed E-state index contributed by atoms with van der Waals surface area (Å²) in [6.45, 7) is 8.94. The zero-order valence-electron chi connectivity index (χ0n) is 22.1. The third-order valence-electron chi connectivity index (χ3n) is 6.80. The number of methoxy groups -OCH3 is 1. The fourth-order valence-electron chi connectivity index (χ4n) is 4.56. The number of fused-ring (bicyclic) bond motifs is 1. The molecule has 0 bridgehead atoms. The minimum absolute atomic E-state index is 0.183.